The summed E-state index contributed by atoms with van der Waals surface area (Å²) in [6, 6.07) is 6.45. The quantitative estimate of drug-likeness (QED) is 0.843. The normalized spacial score (nSPS) is 21.1. The zero-order valence-electron chi connectivity index (χ0n) is 10.6. The van der Waals surface area contributed by atoms with Gasteiger partial charge >= 0.3 is 0 Å². The van der Waals surface area contributed by atoms with Crippen molar-refractivity contribution in [1.29, 1.82) is 0 Å². The molecule has 18 heavy (non-hydrogen) atoms. The van der Waals surface area contributed by atoms with E-state index >= 15 is 0 Å². The van der Waals surface area contributed by atoms with E-state index in [0.717, 1.165) is 44.3 Å². The Labute approximate surface area is 108 Å². The lowest BCUT2D eigenvalue weighted by molar-refractivity contribution is 0.0945. The second-order valence-electron chi connectivity index (χ2n) is 5.05. The Morgan fingerprint density at radius 1 is 1.44 bits per heavy atom. The molecule has 0 radical (unpaired) electrons. The van der Waals surface area contributed by atoms with E-state index < -0.39 is 0 Å². The standard InChI is InChI=1S/C15H21FO2/c16-13-5-1-4-12(10-13)11-14(17)6-2-7-15-8-3-9-18-15/h1,4-5,10,14-15,17H,2-3,6-9,11H2. The molecule has 0 aliphatic carbocycles. The van der Waals surface area contributed by atoms with Gasteiger partial charge in [0.1, 0.15) is 5.82 Å². The summed E-state index contributed by atoms with van der Waals surface area (Å²) in [6.45, 7) is 0.885. The zero-order chi connectivity index (χ0) is 12.8. The predicted molar refractivity (Wildman–Crippen MR) is 68.9 cm³/mol. The Kier molecular flexibility index (Phi) is 5.14. The van der Waals surface area contributed by atoms with Gasteiger partial charge in [-0.25, -0.2) is 4.39 Å². The van der Waals surface area contributed by atoms with Crippen LogP contribution < -0.4 is 0 Å². The lowest BCUT2D eigenvalue weighted by Gasteiger charge is -2.13. The summed E-state index contributed by atoms with van der Waals surface area (Å²) in [6.07, 6.45) is 5.62. The van der Waals surface area contributed by atoms with Crippen molar-refractivity contribution in [3.63, 3.8) is 0 Å². The van der Waals surface area contributed by atoms with Crippen LogP contribution in [0, 0.1) is 5.82 Å². The second kappa shape index (κ2) is 6.86. The molecule has 1 saturated heterocycles. The first-order chi connectivity index (χ1) is 8.74. The number of hydrogen-bond acceptors (Lipinski definition) is 2. The molecule has 0 spiro atoms. The summed E-state index contributed by atoms with van der Waals surface area (Å²) in [5.41, 5.74) is 0.861. The van der Waals surface area contributed by atoms with Crippen molar-refractivity contribution in [1.82, 2.24) is 0 Å². The maximum Gasteiger partial charge on any atom is 0.123 e. The Morgan fingerprint density at radius 2 is 2.33 bits per heavy atom. The average Bonchev–Trinajstić information content (AvgIpc) is 2.82. The van der Waals surface area contributed by atoms with Crippen molar-refractivity contribution in [2.75, 3.05) is 6.61 Å². The van der Waals surface area contributed by atoms with Gasteiger partial charge in [-0.1, -0.05) is 12.1 Å². The monoisotopic (exact) mass is 252 g/mol. The van der Waals surface area contributed by atoms with Gasteiger partial charge in [-0.3, -0.25) is 0 Å². The van der Waals surface area contributed by atoms with E-state index in [9.17, 15) is 9.50 Å². The summed E-state index contributed by atoms with van der Waals surface area (Å²) in [5, 5.41) is 9.90. The number of aliphatic hydroxyl groups excluding tert-OH is 1. The van der Waals surface area contributed by atoms with Crippen LogP contribution in [-0.4, -0.2) is 23.9 Å². The van der Waals surface area contributed by atoms with Crippen LogP contribution in [0.5, 0.6) is 0 Å². The molecule has 2 rings (SSSR count). The lowest BCUT2D eigenvalue weighted by Crippen LogP contribution is -2.12. The molecule has 3 heteroatoms. The van der Waals surface area contributed by atoms with Gasteiger partial charge in [0.25, 0.3) is 0 Å². The zero-order valence-corrected chi connectivity index (χ0v) is 10.6. The van der Waals surface area contributed by atoms with E-state index in [1.165, 1.54) is 12.1 Å². The first-order valence-electron chi connectivity index (χ1n) is 6.78. The van der Waals surface area contributed by atoms with E-state index in [1.807, 2.05) is 6.07 Å². The molecule has 1 fully saturated rings. The predicted octanol–water partition coefficient (Wildman–Crippen LogP) is 3.08. The Morgan fingerprint density at radius 3 is 3.06 bits per heavy atom. The third-order valence-corrected chi connectivity index (χ3v) is 3.45. The van der Waals surface area contributed by atoms with Gasteiger partial charge in [0, 0.05) is 6.61 Å². The maximum absolute atomic E-state index is 13.0. The highest BCUT2D eigenvalue weighted by Gasteiger charge is 2.15. The maximum atomic E-state index is 13.0. The van der Waals surface area contributed by atoms with Crippen LogP contribution in [-0.2, 0) is 11.2 Å². The van der Waals surface area contributed by atoms with Crippen molar-refractivity contribution in [3.8, 4) is 0 Å². The van der Waals surface area contributed by atoms with Crippen molar-refractivity contribution in [3.05, 3.63) is 35.6 Å². The van der Waals surface area contributed by atoms with Gasteiger partial charge in [-0.2, -0.15) is 0 Å². The first-order valence-corrected chi connectivity index (χ1v) is 6.78. The molecule has 0 bridgehead atoms. The molecule has 2 atom stereocenters. The molecule has 1 aliphatic rings. The van der Waals surface area contributed by atoms with Crippen LogP contribution >= 0.6 is 0 Å². The van der Waals surface area contributed by atoms with E-state index in [-0.39, 0.29) is 11.9 Å². The fourth-order valence-electron chi connectivity index (χ4n) is 2.49. The van der Waals surface area contributed by atoms with Gasteiger partial charge in [0.05, 0.1) is 12.2 Å². The third kappa shape index (κ3) is 4.39. The van der Waals surface area contributed by atoms with Gasteiger partial charge in [-0.15, -0.1) is 0 Å². The third-order valence-electron chi connectivity index (χ3n) is 3.45. The minimum absolute atomic E-state index is 0.237. The number of aliphatic hydroxyl groups is 1. The molecule has 2 unspecified atom stereocenters. The smallest absolute Gasteiger partial charge is 0.123 e. The van der Waals surface area contributed by atoms with Crippen LogP contribution in [0.1, 0.15) is 37.7 Å². The minimum atomic E-state index is -0.381. The molecular weight excluding hydrogens is 231 g/mol. The van der Waals surface area contributed by atoms with E-state index in [0.29, 0.717) is 12.5 Å². The van der Waals surface area contributed by atoms with Crippen molar-refractivity contribution < 1.29 is 14.2 Å². The summed E-state index contributed by atoms with van der Waals surface area (Å²) in [5.74, 6) is -0.237. The van der Waals surface area contributed by atoms with Crippen LogP contribution in [0.4, 0.5) is 4.39 Å². The summed E-state index contributed by atoms with van der Waals surface area (Å²) >= 11 is 0. The summed E-state index contributed by atoms with van der Waals surface area (Å²) in [4.78, 5) is 0. The number of ether oxygens (including phenoxy) is 1. The van der Waals surface area contributed by atoms with Gasteiger partial charge < -0.3 is 9.84 Å². The summed E-state index contributed by atoms with van der Waals surface area (Å²) in [7, 11) is 0. The summed E-state index contributed by atoms with van der Waals surface area (Å²) < 4.78 is 18.5. The lowest BCUT2D eigenvalue weighted by atomic mass is 10.0. The highest BCUT2D eigenvalue weighted by Crippen LogP contribution is 2.19. The average molecular weight is 252 g/mol. The fraction of sp³-hybridized carbons (Fsp3) is 0.600. The molecule has 0 saturated carbocycles. The molecule has 1 heterocycles. The minimum Gasteiger partial charge on any atom is -0.393 e. The van der Waals surface area contributed by atoms with Gasteiger partial charge in [0.2, 0.25) is 0 Å². The number of hydrogen-bond donors (Lipinski definition) is 1. The van der Waals surface area contributed by atoms with Crippen LogP contribution in [0.3, 0.4) is 0 Å². The van der Waals surface area contributed by atoms with Gasteiger partial charge in [0.15, 0.2) is 0 Å². The van der Waals surface area contributed by atoms with Crippen LogP contribution in [0.15, 0.2) is 24.3 Å². The molecular formula is C15H21FO2. The fourth-order valence-corrected chi connectivity index (χ4v) is 2.49. The largest absolute Gasteiger partial charge is 0.393 e. The van der Waals surface area contributed by atoms with Gasteiger partial charge in [-0.05, 0) is 56.2 Å². The highest BCUT2D eigenvalue weighted by molar-refractivity contribution is 5.16. The number of rotatable bonds is 6. The van der Waals surface area contributed by atoms with Crippen molar-refractivity contribution in [2.45, 2.75) is 50.7 Å². The van der Waals surface area contributed by atoms with Crippen LogP contribution in [0.25, 0.3) is 0 Å². The van der Waals surface area contributed by atoms with E-state index in [2.05, 4.69) is 0 Å². The molecule has 0 amide bonds. The molecule has 1 aromatic carbocycles. The van der Waals surface area contributed by atoms with Crippen molar-refractivity contribution >= 4 is 0 Å². The van der Waals surface area contributed by atoms with E-state index in [1.54, 1.807) is 6.07 Å². The van der Waals surface area contributed by atoms with Crippen LogP contribution in [0.2, 0.25) is 0 Å². The first kappa shape index (κ1) is 13.5. The van der Waals surface area contributed by atoms with Crippen molar-refractivity contribution in [2.24, 2.45) is 0 Å². The molecule has 1 aromatic rings. The Bertz CT molecular complexity index is 361. The molecule has 1 N–H and O–H groups in total. The topological polar surface area (TPSA) is 29.5 Å². The molecule has 0 aromatic heterocycles. The number of benzene rings is 1. The molecule has 100 valence electrons. The van der Waals surface area contributed by atoms with E-state index in [4.69, 9.17) is 4.74 Å². The Balaban J connectivity index is 1.66. The molecule has 2 nitrogen and oxygen atoms in total. The second-order valence-corrected chi connectivity index (χ2v) is 5.05. The number of halogens is 1. The Hall–Kier alpha value is -0.930. The SMILES string of the molecule is OC(CCCC1CCCO1)Cc1cccc(F)c1. The molecule has 1 aliphatic heterocycles. The highest BCUT2D eigenvalue weighted by atomic mass is 19.1.